The van der Waals surface area contributed by atoms with Crippen LogP contribution < -0.4 is 0 Å². The number of piperazine rings is 1. The molecule has 2 aliphatic heterocycles. The van der Waals surface area contributed by atoms with E-state index in [1.165, 1.54) is 16.1 Å². The van der Waals surface area contributed by atoms with E-state index >= 15 is 0 Å². The summed E-state index contributed by atoms with van der Waals surface area (Å²) in [4.78, 5) is 47.2. The summed E-state index contributed by atoms with van der Waals surface area (Å²) in [5.41, 5.74) is 4.96. The number of hydrogen-bond donors (Lipinski definition) is 1. The quantitative estimate of drug-likeness (QED) is 0.465. The summed E-state index contributed by atoms with van der Waals surface area (Å²) in [6.45, 7) is 11.7. The van der Waals surface area contributed by atoms with Crippen molar-refractivity contribution in [2.75, 3.05) is 13.1 Å². The van der Waals surface area contributed by atoms with Gasteiger partial charge in [0.25, 0.3) is 0 Å². The number of rotatable bonds is 5. The minimum absolute atomic E-state index is 0.0276. The van der Waals surface area contributed by atoms with Crippen LogP contribution in [-0.2, 0) is 22.7 Å². The Labute approximate surface area is 237 Å². The maximum absolute atomic E-state index is 12.9. The molecule has 1 aliphatic carbocycles. The summed E-state index contributed by atoms with van der Waals surface area (Å²) in [6, 6.07) is 5.83. The van der Waals surface area contributed by atoms with Gasteiger partial charge in [-0.1, -0.05) is 25.4 Å². The molecule has 3 aliphatic rings. The predicted molar refractivity (Wildman–Crippen MR) is 149 cm³/mol. The largest absolute Gasteiger partial charge is 0.465 e. The molecule has 1 saturated carbocycles. The lowest BCUT2D eigenvalue weighted by molar-refractivity contribution is -0.143. The Morgan fingerprint density at radius 2 is 1.73 bits per heavy atom. The lowest BCUT2D eigenvalue weighted by Gasteiger charge is -2.43. The van der Waals surface area contributed by atoms with Crippen LogP contribution in [0.5, 0.6) is 0 Å². The normalized spacial score (nSPS) is 26.1. The fourth-order valence-electron chi connectivity index (χ4n) is 6.82. The van der Waals surface area contributed by atoms with Crippen LogP contribution in [0.25, 0.3) is 16.8 Å². The van der Waals surface area contributed by atoms with Gasteiger partial charge in [0.15, 0.2) is 0 Å². The smallest absolute Gasteiger partial charge is 0.407 e. The lowest BCUT2D eigenvalue weighted by atomic mass is 9.96. The third-order valence-corrected chi connectivity index (χ3v) is 9.32. The number of carbonyl (C=O) groups excluding carboxylic acids is 2. The molecule has 1 aromatic carbocycles. The first kappa shape index (κ1) is 26.7. The van der Waals surface area contributed by atoms with E-state index in [2.05, 4.69) is 15.0 Å². The first-order valence-electron chi connectivity index (χ1n) is 13.6. The Balaban J connectivity index is 1.33. The summed E-state index contributed by atoms with van der Waals surface area (Å²) in [5, 5.41) is 14.5. The first-order chi connectivity index (χ1) is 18.9. The highest BCUT2D eigenvalue weighted by molar-refractivity contribution is 6.31. The van der Waals surface area contributed by atoms with Crippen LogP contribution in [0.2, 0.25) is 5.02 Å². The van der Waals surface area contributed by atoms with E-state index in [-0.39, 0.29) is 47.7 Å². The molecule has 6 rings (SSSR count). The molecule has 4 atom stereocenters. The second kappa shape index (κ2) is 9.27. The van der Waals surface area contributed by atoms with E-state index < -0.39 is 6.09 Å². The molecular weight excluding hydrogens is 532 g/mol. The van der Waals surface area contributed by atoms with Crippen LogP contribution in [-0.4, -0.2) is 77.5 Å². The Morgan fingerprint density at radius 1 is 1.07 bits per heavy atom. The van der Waals surface area contributed by atoms with Crippen molar-refractivity contribution in [3.05, 3.63) is 52.4 Å². The molecule has 2 aromatic heterocycles. The number of benzene rings is 1. The van der Waals surface area contributed by atoms with E-state index in [0.29, 0.717) is 30.4 Å². The molecule has 4 heterocycles. The summed E-state index contributed by atoms with van der Waals surface area (Å²) < 4.78 is 1.73. The number of hydrogen-bond acceptors (Lipinski definition) is 6. The summed E-state index contributed by atoms with van der Waals surface area (Å²) in [7, 11) is 0. The lowest BCUT2D eigenvalue weighted by Crippen LogP contribution is -2.57. The zero-order valence-electron chi connectivity index (χ0n) is 23.3. The average molecular weight is 565 g/mol. The molecular formula is C29H33ClN6O4. The standard InChI is InChI=1S/C29H33ClN6O4/c1-15-6-19(30)8-20(21(15)13-34-16(2)9-33(28(39)40)10-17(34)3)25-22-7-18(12-36(22)32-14-31-25)11-35-26(37)23-24(27(35)38)29(23,4)5/h6-8,12,14,16-17,23-24H,9-11,13H2,1-5H3,(H,39,40)/t16-,17-,23?,24?/m0/s1. The number of imide groups is 1. The first-order valence-corrected chi connectivity index (χ1v) is 14.0. The number of aryl methyl sites for hydroxylation is 1. The van der Waals surface area contributed by atoms with Crippen molar-refractivity contribution in [2.45, 2.75) is 59.8 Å². The highest BCUT2D eigenvalue weighted by Gasteiger charge is 2.72. The maximum atomic E-state index is 12.9. The van der Waals surface area contributed by atoms with Crippen molar-refractivity contribution in [1.82, 2.24) is 29.3 Å². The van der Waals surface area contributed by atoms with Gasteiger partial charge < -0.3 is 10.0 Å². The van der Waals surface area contributed by atoms with E-state index in [4.69, 9.17) is 11.6 Å². The van der Waals surface area contributed by atoms with Crippen LogP contribution in [0.1, 0.15) is 44.4 Å². The molecule has 3 aromatic rings. The predicted octanol–water partition coefficient (Wildman–Crippen LogP) is 4.07. The summed E-state index contributed by atoms with van der Waals surface area (Å²) in [5.74, 6) is -0.626. The van der Waals surface area contributed by atoms with Crippen LogP contribution in [0.15, 0.2) is 30.7 Å². The zero-order chi connectivity index (χ0) is 28.7. The van der Waals surface area contributed by atoms with Gasteiger partial charge >= 0.3 is 6.09 Å². The van der Waals surface area contributed by atoms with Crippen molar-refractivity contribution >= 4 is 35.0 Å². The van der Waals surface area contributed by atoms with Gasteiger partial charge in [0.1, 0.15) is 6.33 Å². The van der Waals surface area contributed by atoms with Gasteiger partial charge in [-0.3, -0.25) is 19.4 Å². The molecule has 2 saturated heterocycles. The van der Waals surface area contributed by atoms with E-state index in [0.717, 1.165) is 27.8 Å². The number of carbonyl (C=O) groups is 3. The third-order valence-electron chi connectivity index (χ3n) is 9.10. The van der Waals surface area contributed by atoms with E-state index in [9.17, 15) is 19.5 Å². The van der Waals surface area contributed by atoms with Crippen molar-refractivity contribution < 1.29 is 19.5 Å². The molecule has 210 valence electrons. The molecule has 40 heavy (non-hydrogen) atoms. The van der Waals surface area contributed by atoms with Crippen molar-refractivity contribution in [1.29, 1.82) is 0 Å². The number of halogens is 1. The summed E-state index contributed by atoms with van der Waals surface area (Å²) in [6.07, 6.45) is 2.43. The van der Waals surface area contributed by atoms with E-state index in [1.54, 1.807) is 4.52 Å². The molecule has 3 fully saturated rings. The van der Waals surface area contributed by atoms with Crippen molar-refractivity contribution in [2.24, 2.45) is 17.3 Å². The van der Waals surface area contributed by atoms with Gasteiger partial charge in [-0.05, 0) is 61.1 Å². The molecule has 11 heteroatoms. The molecule has 0 radical (unpaired) electrons. The number of aromatic nitrogens is 3. The third kappa shape index (κ3) is 4.16. The minimum atomic E-state index is -0.896. The van der Waals surface area contributed by atoms with Crippen molar-refractivity contribution in [3.8, 4) is 11.3 Å². The fourth-order valence-corrected chi connectivity index (χ4v) is 7.09. The maximum Gasteiger partial charge on any atom is 0.407 e. The number of piperidine rings is 1. The minimum Gasteiger partial charge on any atom is -0.465 e. The second-order valence-corrected chi connectivity index (χ2v) is 12.6. The van der Waals surface area contributed by atoms with E-state index in [1.807, 2.05) is 59.0 Å². The monoisotopic (exact) mass is 564 g/mol. The molecule has 1 N–H and O–H groups in total. The van der Waals surface area contributed by atoms with Crippen LogP contribution in [0.4, 0.5) is 4.79 Å². The van der Waals surface area contributed by atoms with Gasteiger partial charge in [-0.2, -0.15) is 5.10 Å². The van der Waals surface area contributed by atoms with Crippen LogP contribution in [0, 0.1) is 24.2 Å². The van der Waals surface area contributed by atoms with Gasteiger partial charge in [0, 0.05) is 48.5 Å². The highest BCUT2D eigenvalue weighted by atomic mass is 35.5. The Kier molecular flexibility index (Phi) is 6.19. The SMILES string of the molecule is Cc1cc(Cl)cc(-c2ncnn3cc(CN4C(=O)C5C(C4=O)C5(C)C)cc23)c1CN1[C@@H](C)CN(C(=O)O)C[C@@H]1C. The van der Waals surface area contributed by atoms with Gasteiger partial charge in [-0.15, -0.1) is 0 Å². The zero-order valence-corrected chi connectivity index (χ0v) is 24.0. The fraction of sp³-hybridized carbons (Fsp3) is 0.483. The summed E-state index contributed by atoms with van der Waals surface area (Å²) >= 11 is 6.55. The van der Waals surface area contributed by atoms with Gasteiger partial charge in [0.2, 0.25) is 11.8 Å². The molecule has 10 nitrogen and oxygen atoms in total. The Bertz CT molecular complexity index is 1530. The number of amides is 3. The van der Waals surface area contributed by atoms with Gasteiger partial charge in [0.05, 0.1) is 29.6 Å². The van der Waals surface area contributed by atoms with Crippen LogP contribution in [0.3, 0.4) is 0 Å². The Morgan fingerprint density at radius 3 is 2.35 bits per heavy atom. The topological polar surface area (TPSA) is 111 Å². The van der Waals surface area contributed by atoms with Crippen LogP contribution >= 0.6 is 11.6 Å². The average Bonchev–Trinajstić information content (AvgIpc) is 3.12. The molecule has 3 amide bonds. The highest BCUT2D eigenvalue weighted by Crippen LogP contribution is 2.63. The van der Waals surface area contributed by atoms with Gasteiger partial charge in [-0.25, -0.2) is 14.3 Å². The number of carboxylic acid groups (broad SMARTS) is 1. The Hall–Kier alpha value is -3.50. The van der Waals surface area contributed by atoms with Crippen molar-refractivity contribution in [3.63, 3.8) is 0 Å². The second-order valence-electron chi connectivity index (χ2n) is 12.1. The number of nitrogens with zero attached hydrogens (tertiary/aromatic N) is 6. The molecule has 0 bridgehead atoms. The number of fused-ring (bicyclic) bond motifs is 2. The number of likely N-dealkylation sites (tertiary alicyclic amines) is 1. The molecule has 2 unspecified atom stereocenters. The molecule has 0 spiro atoms.